The summed E-state index contributed by atoms with van der Waals surface area (Å²) in [6.45, 7) is 0. The third kappa shape index (κ3) is 3.50. The lowest BCUT2D eigenvalue weighted by atomic mass is 9.92. The summed E-state index contributed by atoms with van der Waals surface area (Å²) in [6.07, 6.45) is 1.48. The van der Waals surface area contributed by atoms with E-state index >= 15 is 0 Å². The van der Waals surface area contributed by atoms with Crippen molar-refractivity contribution in [2.45, 2.75) is 4.90 Å². The van der Waals surface area contributed by atoms with Crippen LogP contribution in [0.3, 0.4) is 0 Å². The molecule has 5 nitrogen and oxygen atoms in total. The van der Waals surface area contributed by atoms with Gasteiger partial charge in [-0.15, -0.1) is 0 Å². The maximum Gasteiger partial charge on any atom is 0.282 e. The van der Waals surface area contributed by atoms with E-state index in [1.807, 2.05) is 30.3 Å². The lowest BCUT2D eigenvalue weighted by molar-refractivity contribution is 0.103. The first-order chi connectivity index (χ1) is 13.5. The molecule has 4 rings (SSSR count). The van der Waals surface area contributed by atoms with E-state index in [1.165, 1.54) is 18.2 Å². The summed E-state index contributed by atoms with van der Waals surface area (Å²) in [7, 11) is -3.91. The second-order valence-corrected chi connectivity index (χ2v) is 7.79. The van der Waals surface area contributed by atoms with Crippen molar-refractivity contribution in [1.29, 1.82) is 0 Å². The fourth-order valence-corrected chi connectivity index (χ4v) is 3.97. The number of rotatable bonds is 4. The molecule has 0 radical (unpaired) electrons. The number of carbonyl (C=O) groups excluding carboxylic acids is 1. The molecule has 6 heteroatoms. The van der Waals surface area contributed by atoms with Crippen LogP contribution in [0.1, 0.15) is 15.9 Å². The largest absolute Gasteiger partial charge is 0.352 e. The predicted molar refractivity (Wildman–Crippen MR) is 109 cm³/mol. The van der Waals surface area contributed by atoms with Gasteiger partial charge in [0.2, 0.25) is 5.78 Å². The van der Waals surface area contributed by atoms with Gasteiger partial charge in [-0.25, -0.2) is 0 Å². The number of hydrogen-bond acceptors (Lipinski definition) is 4. The van der Waals surface area contributed by atoms with Gasteiger partial charge in [0, 0.05) is 16.8 Å². The Labute approximate surface area is 163 Å². The molecule has 3 aromatic rings. The molecule has 0 unspecified atom stereocenters. The molecule has 1 aliphatic carbocycles. The number of fused-ring (bicyclic) bond motifs is 1. The molecule has 0 heterocycles. The molecule has 0 spiro atoms. The van der Waals surface area contributed by atoms with Crippen LogP contribution in [0, 0.1) is 0 Å². The quantitative estimate of drug-likeness (QED) is 0.731. The number of allylic oxidation sites excluding steroid dienone is 2. The highest BCUT2D eigenvalue weighted by molar-refractivity contribution is 7.90. The third-order valence-corrected chi connectivity index (χ3v) is 5.59. The van der Waals surface area contributed by atoms with Crippen molar-refractivity contribution in [3.05, 3.63) is 108 Å². The highest BCUT2D eigenvalue weighted by atomic mass is 32.2. The van der Waals surface area contributed by atoms with Crippen LogP contribution in [-0.2, 0) is 10.0 Å². The average Bonchev–Trinajstić information content (AvgIpc) is 2.73. The first-order valence-electron chi connectivity index (χ1n) is 8.62. The standard InChI is InChI=1S/C22H16N2O3S/c25-22-19-14-8-7-13-18(19)20(15-21(22)23-16-9-3-1-4-10-16)24-28(26,27)17-11-5-2-6-12-17/h1-15,23H/b24-20+. The van der Waals surface area contributed by atoms with E-state index in [2.05, 4.69) is 9.71 Å². The van der Waals surface area contributed by atoms with Crippen molar-refractivity contribution in [1.82, 2.24) is 0 Å². The zero-order chi connectivity index (χ0) is 19.6. The van der Waals surface area contributed by atoms with Crippen LogP contribution in [0.2, 0.25) is 0 Å². The maximum atomic E-state index is 12.9. The van der Waals surface area contributed by atoms with Crippen molar-refractivity contribution >= 4 is 27.2 Å². The van der Waals surface area contributed by atoms with Crippen LogP contribution in [-0.4, -0.2) is 19.9 Å². The second-order valence-electron chi connectivity index (χ2n) is 6.19. The fourth-order valence-electron chi connectivity index (χ4n) is 2.95. The van der Waals surface area contributed by atoms with E-state index in [0.717, 1.165) is 5.69 Å². The maximum absolute atomic E-state index is 12.9. The highest BCUT2D eigenvalue weighted by Gasteiger charge is 2.26. The molecule has 1 aliphatic rings. The molecule has 0 aliphatic heterocycles. The van der Waals surface area contributed by atoms with E-state index in [-0.39, 0.29) is 22.1 Å². The number of sulfonamides is 1. The first-order valence-corrected chi connectivity index (χ1v) is 10.1. The Kier molecular flexibility index (Phi) is 4.63. The number of Topliss-reactive ketones (excluding diaryl/α,β-unsaturated/α-hetero) is 1. The number of ketones is 1. The van der Waals surface area contributed by atoms with Crippen molar-refractivity contribution in [3.8, 4) is 0 Å². The Balaban J connectivity index is 1.83. The summed E-state index contributed by atoms with van der Waals surface area (Å²) < 4.78 is 29.5. The number of anilines is 1. The zero-order valence-electron chi connectivity index (χ0n) is 14.7. The Morgan fingerprint density at radius 3 is 1.96 bits per heavy atom. The molecule has 0 saturated carbocycles. The van der Waals surface area contributed by atoms with Gasteiger partial charge in [-0.2, -0.15) is 12.8 Å². The van der Waals surface area contributed by atoms with Gasteiger partial charge in [0.25, 0.3) is 10.0 Å². The normalized spacial score (nSPS) is 15.1. The van der Waals surface area contributed by atoms with Crippen LogP contribution in [0.25, 0.3) is 0 Å². The van der Waals surface area contributed by atoms with Gasteiger partial charge in [-0.3, -0.25) is 4.79 Å². The minimum absolute atomic E-state index is 0.0999. The van der Waals surface area contributed by atoms with Crippen LogP contribution in [0.5, 0.6) is 0 Å². The van der Waals surface area contributed by atoms with Gasteiger partial charge in [0.15, 0.2) is 0 Å². The Bertz CT molecular complexity index is 1200. The van der Waals surface area contributed by atoms with Crippen LogP contribution < -0.4 is 5.32 Å². The average molecular weight is 388 g/mol. The number of para-hydroxylation sites is 1. The lowest BCUT2D eigenvalue weighted by Crippen LogP contribution is -2.22. The highest BCUT2D eigenvalue weighted by Crippen LogP contribution is 2.25. The zero-order valence-corrected chi connectivity index (χ0v) is 15.6. The molecule has 0 atom stereocenters. The third-order valence-electron chi connectivity index (χ3n) is 4.29. The summed E-state index contributed by atoms with van der Waals surface area (Å²) in [5, 5.41) is 3.06. The van der Waals surface area contributed by atoms with Gasteiger partial charge in [0.1, 0.15) is 0 Å². The van der Waals surface area contributed by atoms with E-state index in [1.54, 1.807) is 42.5 Å². The van der Waals surface area contributed by atoms with E-state index < -0.39 is 10.0 Å². The predicted octanol–water partition coefficient (Wildman–Crippen LogP) is 4.06. The number of nitrogens with one attached hydrogen (secondary N) is 1. The molecule has 0 aromatic heterocycles. The number of hydrogen-bond donors (Lipinski definition) is 1. The monoisotopic (exact) mass is 388 g/mol. The van der Waals surface area contributed by atoms with E-state index in [0.29, 0.717) is 11.1 Å². The van der Waals surface area contributed by atoms with Crippen LogP contribution in [0.4, 0.5) is 5.69 Å². The van der Waals surface area contributed by atoms with Gasteiger partial charge in [-0.05, 0) is 30.3 Å². The topological polar surface area (TPSA) is 75.6 Å². The number of benzene rings is 3. The van der Waals surface area contributed by atoms with Gasteiger partial charge in [-0.1, -0.05) is 60.7 Å². The Morgan fingerprint density at radius 2 is 1.29 bits per heavy atom. The molecule has 0 amide bonds. The number of nitrogens with zero attached hydrogens (tertiary/aromatic N) is 1. The van der Waals surface area contributed by atoms with E-state index in [9.17, 15) is 13.2 Å². The van der Waals surface area contributed by atoms with Crippen molar-refractivity contribution in [2.24, 2.45) is 4.40 Å². The summed E-state index contributed by atoms with van der Waals surface area (Å²) >= 11 is 0. The molecule has 3 aromatic carbocycles. The molecule has 138 valence electrons. The van der Waals surface area contributed by atoms with Gasteiger partial charge in [0.05, 0.1) is 16.3 Å². The summed E-state index contributed by atoms with van der Waals surface area (Å²) in [5.41, 5.74) is 2.12. The molecule has 0 bridgehead atoms. The molecular weight excluding hydrogens is 372 g/mol. The molecule has 1 N–H and O–H groups in total. The summed E-state index contributed by atoms with van der Waals surface area (Å²) in [6, 6.07) is 24.1. The summed E-state index contributed by atoms with van der Waals surface area (Å²) in [4.78, 5) is 13.0. The van der Waals surface area contributed by atoms with Crippen LogP contribution >= 0.6 is 0 Å². The summed E-state index contributed by atoms with van der Waals surface area (Å²) in [5.74, 6) is -0.212. The van der Waals surface area contributed by atoms with Gasteiger partial charge < -0.3 is 5.32 Å². The van der Waals surface area contributed by atoms with E-state index in [4.69, 9.17) is 0 Å². The van der Waals surface area contributed by atoms with Crippen molar-refractivity contribution in [3.63, 3.8) is 0 Å². The van der Waals surface area contributed by atoms with Gasteiger partial charge >= 0.3 is 0 Å². The minimum atomic E-state index is -3.91. The second kappa shape index (κ2) is 7.25. The van der Waals surface area contributed by atoms with Crippen LogP contribution in [0.15, 0.2) is 106 Å². The smallest absolute Gasteiger partial charge is 0.282 e. The molecular formula is C22H16N2O3S. The van der Waals surface area contributed by atoms with Crippen molar-refractivity contribution < 1.29 is 13.2 Å². The lowest BCUT2D eigenvalue weighted by Gasteiger charge is -2.18. The SMILES string of the molecule is O=C1C(Nc2ccccc2)=C/C(=N\S(=O)(=O)c2ccccc2)c2ccccc21. The Hall–Kier alpha value is -3.51. The molecule has 28 heavy (non-hydrogen) atoms. The van der Waals surface area contributed by atoms with Crippen molar-refractivity contribution in [2.75, 3.05) is 5.32 Å². The molecule has 0 saturated heterocycles. The molecule has 0 fully saturated rings. The minimum Gasteiger partial charge on any atom is -0.352 e. The Morgan fingerprint density at radius 1 is 0.714 bits per heavy atom. The fraction of sp³-hybridized carbons (Fsp3) is 0. The number of carbonyl (C=O) groups is 1. The first kappa shape index (κ1) is 17.9.